The average Bonchev–Trinajstić information content (AvgIpc) is 2.89. The fraction of sp³-hybridized carbons (Fsp3) is 0.310. The predicted molar refractivity (Wildman–Crippen MR) is 152 cm³/mol. The molecule has 0 radical (unpaired) electrons. The summed E-state index contributed by atoms with van der Waals surface area (Å²) in [6.45, 7) is 3.09. The van der Waals surface area contributed by atoms with Crippen molar-refractivity contribution in [3.63, 3.8) is 0 Å². The Hall–Kier alpha value is -3.43. The number of hydrogen-bond acceptors (Lipinski definition) is 4. The summed E-state index contributed by atoms with van der Waals surface area (Å²) in [4.78, 5) is 28.9. The lowest BCUT2D eigenvalue weighted by Gasteiger charge is -2.34. The first-order valence-electron chi connectivity index (χ1n) is 12.6. The Morgan fingerprint density at radius 3 is 2.23 bits per heavy atom. The molecule has 2 amide bonds. The Labute approximate surface area is 234 Å². The topological polar surface area (TPSA) is 86.8 Å². The van der Waals surface area contributed by atoms with Gasteiger partial charge in [0.05, 0.1) is 11.9 Å². The number of carbonyl (C=O) groups excluding carboxylic acids is 2. The molecule has 3 aromatic rings. The van der Waals surface area contributed by atoms with Crippen molar-refractivity contribution in [3.8, 4) is 0 Å². The number of hydrogen-bond donors (Lipinski definition) is 1. The zero-order chi connectivity index (χ0) is 28.6. The summed E-state index contributed by atoms with van der Waals surface area (Å²) in [6.07, 6.45) is 1.78. The number of benzene rings is 3. The SMILES string of the molecule is CC[C@@H](C)NC(=O)[C@H](Cc1ccccc1)N(Cc1cccc(Cl)c1)C(=O)CN(c1ccccc1F)S(C)(=O)=O. The van der Waals surface area contributed by atoms with Crippen molar-refractivity contribution in [1.82, 2.24) is 10.2 Å². The van der Waals surface area contributed by atoms with Crippen molar-refractivity contribution in [2.24, 2.45) is 0 Å². The van der Waals surface area contributed by atoms with Crippen LogP contribution >= 0.6 is 11.6 Å². The van der Waals surface area contributed by atoms with Crippen LogP contribution in [0.1, 0.15) is 31.4 Å². The number of para-hydroxylation sites is 1. The van der Waals surface area contributed by atoms with Gasteiger partial charge < -0.3 is 10.2 Å². The number of sulfonamides is 1. The van der Waals surface area contributed by atoms with Crippen LogP contribution in [0.15, 0.2) is 78.9 Å². The van der Waals surface area contributed by atoms with Gasteiger partial charge in [0.15, 0.2) is 0 Å². The van der Waals surface area contributed by atoms with Crippen LogP contribution in [0.4, 0.5) is 10.1 Å². The highest BCUT2D eigenvalue weighted by Gasteiger charge is 2.34. The molecule has 7 nitrogen and oxygen atoms in total. The van der Waals surface area contributed by atoms with Crippen molar-refractivity contribution in [2.45, 2.75) is 45.3 Å². The molecule has 3 aromatic carbocycles. The largest absolute Gasteiger partial charge is 0.352 e. The van der Waals surface area contributed by atoms with Gasteiger partial charge in [0.2, 0.25) is 21.8 Å². The van der Waals surface area contributed by atoms with Gasteiger partial charge in [0.25, 0.3) is 0 Å². The second-order valence-electron chi connectivity index (χ2n) is 9.40. The average molecular weight is 574 g/mol. The fourth-order valence-electron chi connectivity index (χ4n) is 4.08. The molecule has 3 rings (SSSR count). The van der Waals surface area contributed by atoms with Gasteiger partial charge >= 0.3 is 0 Å². The zero-order valence-electron chi connectivity index (χ0n) is 22.2. The Kier molecular flexibility index (Phi) is 10.5. The van der Waals surface area contributed by atoms with Gasteiger partial charge in [0, 0.05) is 24.0 Å². The zero-order valence-corrected chi connectivity index (χ0v) is 23.8. The lowest BCUT2D eigenvalue weighted by molar-refractivity contribution is -0.140. The Morgan fingerprint density at radius 2 is 1.62 bits per heavy atom. The third kappa shape index (κ3) is 8.53. The van der Waals surface area contributed by atoms with E-state index in [2.05, 4.69) is 5.32 Å². The molecule has 0 aliphatic carbocycles. The van der Waals surface area contributed by atoms with Crippen molar-refractivity contribution in [1.29, 1.82) is 0 Å². The van der Waals surface area contributed by atoms with E-state index in [4.69, 9.17) is 11.6 Å². The van der Waals surface area contributed by atoms with Crippen LogP contribution in [0.5, 0.6) is 0 Å². The van der Waals surface area contributed by atoms with E-state index in [9.17, 15) is 22.4 Å². The minimum atomic E-state index is -4.05. The Bertz CT molecular complexity index is 1390. The third-order valence-electron chi connectivity index (χ3n) is 6.31. The van der Waals surface area contributed by atoms with E-state index >= 15 is 0 Å². The van der Waals surface area contributed by atoms with Gasteiger partial charge in [-0.05, 0) is 48.7 Å². The fourth-order valence-corrected chi connectivity index (χ4v) is 5.14. The molecule has 0 unspecified atom stereocenters. The van der Waals surface area contributed by atoms with Crippen molar-refractivity contribution >= 4 is 39.1 Å². The molecular weight excluding hydrogens is 541 g/mol. The smallest absolute Gasteiger partial charge is 0.244 e. The monoisotopic (exact) mass is 573 g/mol. The number of nitrogens with one attached hydrogen (secondary N) is 1. The summed E-state index contributed by atoms with van der Waals surface area (Å²) in [6, 6.07) is 20.3. The standard InChI is InChI=1S/C29H33ClFN3O4S/c1-4-21(2)32-29(36)27(18-22-11-6-5-7-12-22)33(19-23-13-10-14-24(30)17-23)28(35)20-34(39(3,37)38)26-16-9-8-15-25(26)31/h5-17,21,27H,4,18-20H2,1-3H3,(H,32,36)/t21-,27+/m1/s1. The minimum absolute atomic E-state index is 0.0142. The molecule has 1 N–H and O–H groups in total. The van der Waals surface area contributed by atoms with E-state index < -0.39 is 34.3 Å². The van der Waals surface area contributed by atoms with Crippen LogP contribution < -0.4 is 9.62 Å². The molecule has 39 heavy (non-hydrogen) atoms. The number of amides is 2. The van der Waals surface area contributed by atoms with Gasteiger partial charge in [-0.2, -0.15) is 0 Å². The predicted octanol–water partition coefficient (Wildman–Crippen LogP) is 4.80. The molecule has 0 fully saturated rings. The maximum atomic E-state index is 14.7. The summed E-state index contributed by atoms with van der Waals surface area (Å²) in [5, 5.41) is 3.41. The van der Waals surface area contributed by atoms with Crippen LogP contribution in [-0.4, -0.2) is 50.0 Å². The Balaban J connectivity index is 2.07. The minimum Gasteiger partial charge on any atom is -0.352 e. The molecule has 0 heterocycles. The number of nitrogens with zero attached hydrogens (tertiary/aromatic N) is 2. The maximum Gasteiger partial charge on any atom is 0.244 e. The highest BCUT2D eigenvalue weighted by Crippen LogP contribution is 2.23. The second kappa shape index (κ2) is 13.6. The van der Waals surface area contributed by atoms with Crippen LogP contribution in [0, 0.1) is 5.82 Å². The summed E-state index contributed by atoms with van der Waals surface area (Å²) >= 11 is 6.20. The normalized spacial score (nSPS) is 12.8. The molecule has 0 aliphatic heterocycles. The summed E-state index contributed by atoms with van der Waals surface area (Å²) in [5.41, 5.74) is 1.22. The second-order valence-corrected chi connectivity index (χ2v) is 11.7. The molecule has 0 saturated heterocycles. The van der Waals surface area contributed by atoms with Crippen LogP contribution in [0.3, 0.4) is 0 Å². The number of rotatable bonds is 12. The molecular formula is C29H33ClFN3O4S. The molecule has 0 aromatic heterocycles. The Morgan fingerprint density at radius 1 is 0.974 bits per heavy atom. The van der Waals surface area contributed by atoms with E-state index in [1.54, 1.807) is 24.3 Å². The van der Waals surface area contributed by atoms with E-state index in [1.807, 2.05) is 44.2 Å². The quantitative estimate of drug-likeness (QED) is 0.337. The van der Waals surface area contributed by atoms with Crippen molar-refractivity contribution in [2.75, 3.05) is 17.1 Å². The lowest BCUT2D eigenvalue weighted by atomic mass is 10.0. The maximum absolute atomic E-state index is 14.7. The molecule has 208 valence electrons. The van der Waals surface area contributed by atoms with Gasteiger partial charge in [0.1, 0.15) is 18.4 Å². The molecule has 0 spiro atoms. The van der Waals surface area contributed by atoms with Crippen LogP contribution in [0.2, 0.25) is 5.02 Å². The number of carbonyl (C=O) groups is 2. The molecule has 2 atom stereocenters. The van der Waals surface area contributed by atoms with Crippen molar-refractivity contribution in [3.05, 3.63) is 101 Å². The van der Waals surface area contributed by atoms with E-state index in [1.165, 1.54) is 23.1 Å². The summed E-state index contributed by atoms with van der Waals surface area (Å²) in [5.74, 6) is -1.82. The first-order chi connectivity index (χ1) is 18.5. The molecule has 0 bridgehead atoms. The number of halogens is 2. The van der Waals surface area contributed by atoms with Crippen LogP contribution in [-0.2, 0) is 32.6 Å². The highest BCUT2D eigenvalue weighted by atomic mass is 35.5. The number of anilines is 1. The third-order valence-corrected chi connectivity index (χ3v) is 7.68. The van der Waals surface area contributed by atoms with E-state index in [0.29, 0.717) is 17.0 Å². The van der Waals surface area contributed by atoms with Crippen molar-refractivity contribution < 1.29 is 22.4 Å². The first-order valence-corrected chi connectivity index (χ1v) is 14.8. The van der Waals surface area contributed by atoms with E-state index in [0.717, 1.165) is 22.2 Å². The molecule has 0 saturated carbocycles. The van der Waals surface area contributed by atoms with Crippen LogP contribution in [0.25, 0.3) is 0 Å². The molecule has 10 heteroatoms. The van der Waals surface area contributed by atoms with Gasteiger partial charge in [-0.15, -0.1) is 0 Å². The molecule has 0 aliphatic rings. The summed E-state index contributed by atoms with van der Waals surface area (Å²) in [7, 11) is -4.05. The van der Waals surface area contributed by atoms with Gasteiger partial charge in [-0.25, -0.2) is 12.8 Å². The lowest BCUT2D eigenvalue weighted by Crippen LogP contribution is -2.54. The first kappa shape index (κ1) is 30.1. The summed E-state index contributed by atoms with van der Waals surface area (Å²) < 4.78 is 40.8. The van der Waals surface area contributed by atoms with Gasteiger partial charge in [-0.3, -0.25) is 13.9 Å². The highest BCUT2D eigenvalue weighted by molar-refractivity contribution is 7.92. The van der Waals surface area contributed by atoms with Gasteiger partial charge in [-0.1, -0.05) is 73.1 Å². The van der Waals surface area contributed by atoms with E-state index in [-0.39, 0.29) is 30.6 Å².